The zero-order chi connectivity index (χ0) is 7.40. The molecule has 4 heteroatoms. The van der Waals surface area contributed by atoms with E-state index in [1.807, 2.05) is 24.0 Å². The number of aromatic nitrogens is 2. The van der Waals surface area contributed by atoms with Crippen molar-refractivity contribution in [3.05, 3.63) is 18.0 Å². The first-order valence-electron chi connectivity index (χ1n) is 3.38. The molecule has 0 fully saturated rings. The Kier molecular flexibility index (Phi) is 5.34. The average molecular weight is 195 g/mol. The average Bonchev–Trinajstić information content (AvgIpc) is 2.31. The van der Waals surface area contributed by atoms with Gasteiger partial charge in [0.2, 0.25) is 0 Å². The summed E-state index contributed by atoms with van der Waals surface area (Å²) in [6, 6.07) is 0. The molecule has 0 aliphatic heterocycles. The molecule has 0 saturated heterocycles. The zero-order valence-corrected chi connectivity index (χ0v) is 8.03. The molecule has 0 radical (unpaired) electrons. The van der Waals surface area contributed by atoms with Gasteiger partial charge in [0.1, 0.15) is 0 Å². The number of halogens is 2. The van der Waals surface area contributed by atoms with E-state index in [-0.39, 0.29) is 12.4 Å². The van der Waals surface area contributed by atoms with Gasteiger partial charge in [0, 0.05) is 18.6 Å². The van der Waals surface area contributed by atoms with E-state index in [2.05, 4.69) is 5.10 Å². The second kappa shape index (κ2) is 5.44. The molecule has 1 heterocycles. The van der Waals surface area contributed by atoms with Crippen molar-refractivity contribution >= 4 is 24.0 Å². The number of hydrogen-bond acceptors (Lipinski definition) is 1. The van der Waals surface area contributed by atoms with Crippen LogP contribution in [0.1, 0.15) is 12.0 Å². The van der Waals surface area contributed by atoms with E-state index in [1.54, 1.807) is 0 Å². The third kappa shape index (κ3) is 3.63. The molecule has 1 rings (SSSR count). The van der Waals surface area contributed by atoms with Gasteiger partial charge in [-0.1, -0.05) is 0 Å². The molecular formula is C7H12Cl2N2. The second-order valence-electron chi connectivity index (χ2n) is 2.32. The van der Waals surface area contributed by atoms with Gasteiger partial charge in [0.05, 0.1) is 6.20 Å². The molecular weight excluding hydrogens is 183 g/mol. The van der Waals surface area contributed by atoms with Gasteiger partial charge in [-0.05, 0) is 18.9 Å². The molecule has 1 aromatic rings. The van der Waals surface area contributed by atoms with Gasteiger partial charge in [-0.2, -0.15) is 5.10 Å². The van der Waals surface area contributed by atoms with Crippen molar-refractivity contribution in [1.82, 2.24) is 9.78 Å². The summed E-state index contributed by atoms with van der Waals surface area (Å²) >= 11 is 5.52. The predicted molar refractivity (Wildman–Crippen MR) is 49.5 cm³/mol. The van der Waals surface area contributed by atoms with Crippen molar-refractivity contribution < 1.29 is 0 Å². The molecule has 0 atom stereocenters. The van der Waals surface area contributed by atoms with Crippen molar-refractivity contribution in [2.24, 2.45) is 0 Å². The normalized spacial score (nSPS) is 9.27. The Hall–Kier alpha value is -0.210. The standard InChI is InChI=1S/C7H11ClN2.ClH/c1-7-5-9-10(6-7)4-2-3-8;/h5-6H,2-4H2,1H3;1H. The lowest BCUT2D eigenvalue weighted by molar-refractivity contribution is 0.605. The summed E-state index contributed by atoms with van der Waals surface area (Å²) in [6.07, 6.45) is 4.86. The van der Waals surface area contributed by atoms with Gasteiger partial charge in [0.25, 0.3) is 0 Å². The largest absolute Gasteiger partial charge is 0.272 e. The third-order valence-corrected chi connectivity index (χ3v) is 1.55. The van der Waals surface area contributed by atoms with Gasteiger partial charge >= 0.3 is 0 Å². The van der Waals surface area contributed by atoms with Gasteiger partial charge in [0.15, 0.2) is 0 Å². The van der Waals surface area contributed by atoms with Crippen LogP contribution in [0.5, 0.6) is 0 Å². The summed E-state index contributed by atoms with van der Waals surface area (Å²) in [5, 5.41) is 4.11. The first kappa shape index (κ1) is 10.8. The Morgan fingerprint density at radius 1 is 1.64 bits per heavy atom. The molecule has 11 heavy (non-hydrogen) atoms. The fourth-order valence-electron chi connectivity index (χ4n) is 0.811. The maximum Gasteiger partial charge on any atom is 0.0518 e. The van der Waals surface area contributed by atoms with Crippen molar-refractivity contribution in [2.45, 2.75) is 19.9 Å². The molecule has 64 valence electrons. The van der Waals surface area contributed by atoms with E-state index < -0.39 is 0 Å². The van der Waals surface area contributed by atoms with Crippen LogP contribution in [-0.4, -0.2) is 15.7 Å². The van der Waals surface area contributed by atoms with E-state index in [0.717, 1.165) is 13.0 Å². The van der Waals surface area contributed by atoms with Gasteiger partial charge < -0.3 is 0 Å². The van der Waals surface area contributed by atoms with Crippen LogP contribution in [0.25, 0.3) is 0 Å². The molecule has 0 aromatic carbocycles. The minimum atomic E-state index is 0. The first-order chi connectivity index (χ1) is 4.83. The Morgan fingerprint density at radius 3 is 2.82 bits per heavy atom. The summed E-state index contributed by atoms with van der Waals surface area (Å²) in [4.78, 5) is 0. The molecule has 0 bridgehead atoms. The lowest BCUT2D eigenvalue weighted by Crippen LogP contribution is -1.97. The van der Waals surface area contributed by atoms with Crippen LogP contribution in [0.4, 0.5) is 0 Å². The summed E-state index contributed by atoms with van der Waals surface area (Å²) in [5.74, 6) is 0.707. The lowest BCUT2D eigenvalue weighted by Gasteiger charge is -1.95. The molecule has 2 nitrogen and oxygen atoms in total. The molecule has 0 aliphatic rings. The van der Waals surface area contributed by atoms with Gasteiger partial charge in [-0.25, -0.2) is 0 Å². The highest BCUT2D eigenvalue weighted by atomic mass is 35.5. The summed E-state index contributed by atoms with van der Waals surface area (Å²) in [5.41, 5.74) is 1.20. The number of nitrogens with zero attached hydrogens (tertiary/aromatic N) is 2. The maximum absolute atomic E-state index is 5.52. The second-order valence-corrected chi connectivity index (χ2v) is 2.70. The molecule has 0 saturated carbocycles. The van der Waals surface area contributed by atoms with Gasteiger partial charge in [-0.15, -0.1) is 24.0 Å². The van der Waals surface area contributed by atoms with Crippen LogP contribution >= 0.6 is 24.0 Å². The topological polar surface area (TPSA) is 17.8 Å². The fourth-order valence-corrected chi connectivity index (χ4v) is 0.931. The quantitative estimate of drug-likeness (QED) is 0.676. The van der Waals surface area contributed by atoms with Crippen LogP contribution in [0.3, 0.4) is 0 Å². The number of aryl methyl sites for hydroxylation is 2. The van der Waals surface area contributed by atoms with E-state index in [4.69, 9.17) is 11.6 Å². The Bertz CT molecular complexity index is 198. The smallest absolute Gasteiger partial charge is 0.0518 e. The van der Waals surface area contributed by atoms with Crippen LogP contribution in [0, 0.1) is 6.92 Å². The Morgan fingerprint density at radius 2 is 2.36 bits per heavy atom. The highest BCUT2D eigenvalue weighted by molar-refractivity contribution is 6.17. The molecule has 0 spiro atoms. The van der Waals surface area contributed by atoms with Crippen molar-refractivity contribution in [3.8, 4) is 0 Å². The summed E-state index contributed by atoms with van der Waals surface area (Å²) in [6.45, 7) is 2.96. The van der Waals surface area contributed by atoms with E-state index in [9.17, 15) is 0 Å². The van der Waals surface area contributed by atoms with E-state index in [1.165, 1.54) is 5.56 Å². The SMILES string of the molecule is Cc1cnn(CCCCl)c1.Cl. The first-order valence-corrected chi connectivity index (χ1v) is 3.91. The molecule has 0 aliphatic carbocycles. The monoisotopic (exact) mass is 194 g/mol. The van der Waals surface area contributed by atoms with Crippen LogP contribution in [0.2, 0.25) is 0 Å². The van der Waals surface area contributed by atoms with Crippen LogP contribution in [-0.2, 0) is 6.54 Å². The third-order valence-electron chi connectivity index (χ3n) is 1.28. The van der Waals surface area contributed by atoms with Crippen molar-refractivity contribution in [2.75, 3.05) is 5.88 Å². The summed E-state index contributed by atoms with van der Waals surface area (Å²) in [7, 11) is 0. The summed E-state index contributed by atoms with van der Waals surface area (Å²) < 4.78 is 1.91. The molecule has 0 unspecified atom stereocenters. The van der Waals surface area contributed by atoms with Crippen molar-refractivity contribution in [3.63, 3.8) is 0 Å². The molecule has 1 aromatic heterocycles. The molecule has 0 N–H and O–H groups in total. The Balaban J connectivity index is 0.000001000. The zero-order valence-electron chi connectivity index (χ0n) is 6.46. The van der Waals surface area contributed by atoms with E-state index >= 15 is 0 Å². The number of hydrogen-bond donors (Lipinski definition) is 0. The van der Waals surface area contributed by atoms with Gasteiger partial charge in [-0.3, -0.25) is 4.68 Å². The lowest BCUT2D eigenvalue weighted by atomic mass is 10.4. The van der Waals surface area contributed by atoms with E-state index in [0.29, 0.717) is 5.88 Å². The minimum absolute atomic E-state index is 0. The molecule has 0 amide bonds. The highest BCUT2D eigenvalue weighted by Crippen LogP contribution is 1.96. The maximum atomic E-state index is 5.52. The Labute approximate surface area is 78.0 Å². The van der Waals surface area contributed by atoms with Crippen molar-refractivity contribution in [1.29, 1.82) is 0 Å². The predicted octanol–water partition coefficient (Wildman–Crippen LogP) is 2.24. The van der Waals surface area contributed by atoms with Crippen LogP contribution < -0.4 is 0 Å². The number of rotatable bonds is 3. The number of alkyl halides is 1. The highest BCUT2D eigenvalue weighted by Gasteiger charge is 1.91. The van der Waals surface area contributed by atoms with Crippen LogP contribution in [0.15, 0.2) is 12.4 Å². The minimum Gasteiger partial charge on any atom is -0.272 e. The fraction of sp³-hybridized carbons (Fsp3) is 0.571.